The van der Waals surface area contributed by atoms with Crippen LogP contribution in [0.25, 0.3) is 0 Å². The van der Waals surface area contributed by atoms with Crippen molar-refractivity contribution in [2.24, 2.45) is 11.8 Å². The van der Waals surface area contributed by atoms with Gasteiger partial charge in [-0.25, -0.2) is 14.0 Å². The van der Waals surface area contributed by atoms with E-state index in [4.69, 9.17) is 9.47 Å². The molecule has 3 aromatic rings. The molecule has 0 unspecified atom stereocenters. The van der Waals surface area contributed by atoms with Crippen molar-refractivity contribution < 1.29 is 33.4 Å². The van der Waals surface area contributed by atoms with E-state index in [2.05, 4.69) is 0 Å². The molecule has 2 atom stereocenters. The molecular formula is C32H34FNO6. The first-order valence-electron chi connectivity index (χ1n) is 13.3. The molecule has 1 aliphatic heterocycles. The number of Topliss-reactive ketones (excluding diaryl/α,β-unsaturated/α-hetero) is 1. The van der Waals surface area contributed by atoms with Gasteiger partial charge in [0.25, 0.3) is 0 Å². The lowest BCUT2D eigenvalue weighted by Gasteiger charge is -2.25. The topological polar surface area (TPSA) is 93.1 Å². The molecule has 1 fully saturated rings. The number of rotatable bonds is 9. The fourth-order valence-electron chi connectivity index (χ4n) is 5.09. The number of aliphatic carboxylic acids is 1. The second kappa shape index (κ2) is 11.9. The number of carbonyl (C=O) groups is 3. The molecule has 0 radical (unpaired) electrons. The number of carboxylic acid groups (broad SMARTS) is 1. The van der Waals surface area contributed by atoms with Crippen LogP contribution in [-0.4, -0.2) is 46.5 Å². The maximum Gasteiger partial charge on any atom is 0.415 e. The van der Waals surface area contributed by atoms with E-state index in [1.54, 1.807) is 29.2 Å². The molecule has 0 aliphatic carbocycles. The summed E-state index contributed by atoms with van der Waals surface area (Å²) in [6.45, 7) is 7.34. The second-order valence-corrected chi connectivity index (χ2v) is 10.8. The summed E-state index contributed by atoms with van der Waals surface area (Å²) < 4.78 is 24.8. The minimum Gasteiger partial charge on any atom is -0.478 e. The number of carboxylic acids is 1. The van der Waals surface area contributed by atoms with Gasteiger partial charge in [-0.1, -0.05) is 30.3 Å². The van der Waals surface area contributed by atoms with Gasteiger partial charge in [0.1, 0.15) is 17.3 Å². The zero-order valence-electron chi connectivity index (χ0n) is 23.1. The summed E-state index contributed by atoms with van der Waals surface area (Å²) in [5.74, 6) is -1.24. The van der Waals surface area contributed by atoms with E-state index >= 15 is 0 Å². The molecule has 8 heteroatoms. The summed E-state index contributed by atoms with van der Waals surface area (Å²) in [4.78, 5) is 39.5. The Kier molecular flexibility index (Phi) is 8.57. The van der Waals surface area contributed by atoms with Gasteiger partial charge in [0.15, 0.2) is 11.4 Å². The summed E-state index contributed by atoms with van der Waals surface area (Å²) >= 11 is 0. The number of carbonyl (C=O) groups excluding carboxylic acids is 2. The van der Waals surface area contributed by atoms with Crippen LogP contribution in [0.3, 0.4) is 0 Å². The van der Waals surface area contributed by atoms with Crippen molar-refractivity contribution in [2.45, 2.75) is 46.1 Å². The zero-order valence-corrected chi connectivity index (χ0v) is 23.1. The first-order chi connectivity index (χ1) is 18.9. The lowest BCUT2D eigenvalue weighted by atomic mass is 9.84. The van der Waals surface area contributed by atoms with Crippen molar-refractivity contribution in [2.75, 3.05) is 13.1 Å². The normalized spacial score (nSPS) is 17.0. The van der Waals surface area contributed by atoms with E-state index in [9.17, 15) is 23.9 Å². The first kappa shape index (κ1) is 28.8. The number of ether oxygens (including phenoxy) is 2. The molecule has 1 amide bonds. The van der Waals surface area contributed by atoms with Crippen LogP contribution in [0.15, 0.2) is 66.7 Å². The zero-order chi connectivity index (χ0) is 29.0. The van der Waals surface area contributed by atoms with Gasteiger partial charge in [0, 0.05) is 24.6 Å². The summed E-state index contributed by atoms with van der Waals surface area (Å²) in [6.07, 6.45) is 0.760. The van der Waals surface area contributed by atoms with Gasteiger partial charge < -0.3 is 19.5 Å². The number of benzene rings is 3. The minimum atomic E-state index is -1.37. The number of aryl methyl sites for hydroxylation is 3. The third-order valence-electron chi connectivity index (χ3n) is 7.31. The molecule has 210 valence electrons. The lowest BCUT2D eigenvalue weighted by Crippen LogP contribution is -2.38. The monoisotopic (exact) mass is 547 g/mol. The Morgan fingerprint density at radius 3 is 2.20 bits per heavy atom. The molecule has 3 aromatic carbocycles. The molecular weight excluding hydrogens is 513 g/mol. The number of amides is 1. The van der Waals surface area contributed by atoms with Crippen molar-refractivity contribution in [1.82, 2.24) is 4.90 Å². The number of likely N-dealkylation sites (tertiary alicyclic amines) is 1. The first-order valence-corrected chi connectivity index (χ1v) is 13.3. The summed E-state index contributed by atoms with van der Waals surface area (Å²) in [7, 11) is 0. The predicted octanol–water partition coefficient (Wildman–Crippen LogP) is 6.25. The fraction of sp³-hybridized carbons (Fsp3) is 0.344. The van der Waals surface area contributed by atoms with Crippen LogP contribution >= 0.6 is 0 Å². The number of ketones is 1. The fourth-order valence-corrected chi connectivity index (χ4v) is 5.09. The highest BCUT2D eigenvalue weighted by atomic mass is 19.1. The standard InChI is InChI=1S/C32H34FNO6/c1-20-16-22(17-21(2)29(20)40-32(3,4)30(36)37)10-11-24-18-34(31(38)39-26-8-6-5-7-9-26)19-27(24)28(35)23-12-14-25(33)15-13-23/h5-9,12-17,24,27H,10-11,18-19H2,1-4H3,(H,36,37)/t24-,27-/m1/s1. The van der Waals surface area contributed by atoms with Gasteiger partial charge in [0.05, 0.1) is 0 Å². The van der Waals surface area contributed by atoms with Gasteiger partial charge in [-0.05, 0) is 99.5 Å². The maximum atomic E-state index is 13.5. The van der Waals surface area contributed by atoms with Crippen LogP contribution in [0, 0.1) is 31.5 Å². The van der Waals surface area contributed by atoms with Crippen LogP contribution in [0.2, 0.25) is 0 Å². The van der Waals surface area contributed by atoms with Crippen LogP contribution in [-0.2, 0) is 11.2 Å². The van der Waals surface area contributed by atoms with Gasteiger partial charge >= 0.3 is 12.1 Å². The number of hydrogen-bond acceptors (Lipinski definition) is 5. The molecule has 1 saturated heterocycles. The van der Waals surface area contributed by atoms with E-state index < -0.39 is 29.4 Å². The molecule has 0 spiro atoms. The molecule has 0 saturated carbocycles. The number of hydrogen-bond donors (Lipinski definition) is 1. The SMILES string of the molecule is Cc1cc(CC[C@@H]2CN(C(=O)Oc3ccccc3)C[C@H]2C(=O)c2ccc(F)cc2)cc(C)c1OC(C)(C)C(=O)O. The van der Waals surface area contributed by atoms with E-state index in [-0.39, 0.29) is 18.2 Å². The van der Waals surface area contributed by atoms with Gasteiger partial charge in [-0.15, -0.1) is 0 Å². The molecule has 1 aliphatic rings. The maximum absolute atomic E-state index is 13.5. The Bertz CT molecular complexity index is 1360. The summed E-state index contributed by atoms with van der Waals surface area (Å²) in [5, 5.41) is 9.45. The third kappa shape index (κ3) is 6.68. The van der Waals surface area contributed by atoms with Crippen LogP contribution in [0.1, 0.15) is 47.3 Å². The highest BCUT2D eigenvalue weighted by Gasteiger charge is 2.40. The average molecular weight is 548 g/mol. The van der Waals surface area contributed by atoms with Gasteiger partial charge in [0.2, 0.25) is 0 Å². The van der Waals surface area contributed by atoms with E-state index in [0.29, 0.717) is 36.4 Å². The summed E-state index contributed by atoms with van der Waals surface area (Å²) in [5.41, 5.74) is 1.70. The number of halogens is 1. The van der Waals surface area contributed by atoms with Gasteiger partial charge in [-0.2, -0.15) is 0 Å². The van der Waals surface area contributed by atoms with Crippen molar-refractivity contribution in [3.63, 3.8) is 0 Å². The highest BCUT2D eigenvalue weighted by molar-refractivity contribution is 5.98. The van der Waals surface area contributed by atoms with Crippen molar-refractivity contribution in [3.8, 4) is 11.5 Å². The number of nitrogens with zero attached hydrogens (tertiary/aromatic N) is 1. The lowest BCUT2D eigenvalue weighted by molar-refractivity contribution is -0.152. The molecule has 7 nitrogen and oxygen atoms in total. The van der Waals surface area contributed by atoms with Gasteiger partial charge in [-0.3, -0.25) is 4.79 Å². The molecule has 1 N–H and O–H groups in total. The van der Waals surface area contributed by atoms with Crippen LogP contribution in [0.5, 0.6) is 11.5 Å². The van der Waals surface area contributed by atoms with Crippen molar-refractivity contribution >= 4 is 17.8 Å². The average Bonchev–Trinajstić information content (AvgIpc) is 3.34. The largest absolute Gasteiger partial charge is 0.478 e. The molecule has 4 rings (SSSR count). The van der Waals surface area contributed by atoms with Crippen molar-refractivity contribution in [1.29, 1.82) is 0 Å². The molecule has 1 heterocycles. The number of para-hydroxylation sites is 1. The quantitative estimate of drug-likeness (QED) is 0.319. The highest BCUT2D eigenvalue weighted by Crippen LogP contribution is 2.33. The Morgan fingerprint density at radius 1 is 0.975 bits per heavy atom. The molecule has 0 bridgehead atoms. The summed E-state index contributed by atoms with van der Waals surface area (Å²) in [6, 6.07) is 18.2. The van der Waals surface area contributed by atoms with Crippen molar-refractivity contribution in [3.05, 3.63) is 94.8 Å². The Balaban J connectivity index is 1.51. The Morgan fingerprint density at radius 2 is 1.60 bits per heavy atom. The Hall–Kier alpha value is -4.20. The van der Waals surface area contributed by atoms with E-state index in [0.717, 1.165) is 16.7 Å². The third-order valence-corrected chi connectivity index (χ3v) is 7.31. The van der Waals surface area contributed by atoms with Crippen LogP contribution < -0.4 is 9.47 Å². The van der Waals surface area contributed by atoms with Crippen LogP contribution in [0.4, 0.5) is 9.18 Å². The molecule has 0 aromatic heterocycles. The van der Waals surface area contributed by atoms with E-state index in [1.807, 2.05) is 32.0 Å². The smallest absolute Gasteiger partial charge is 0.415 e. The molecule has 40 heavy (non-hydrogen) atoms. The van der Waals surface area contributed by atoms with E-state index in [1.165, 1.54) is 38.1 Å². The predicted molar refractivity (Wildman–Crippen MR) is 148 cm³/mol. The second-order valence-electron chi connectivity index (χ2n) is 10.8. The Labute approximate surface area is 233 Å². The minimum absolute atomic E-state index is 0.132.